The van der Waals surface area contributed by atoms with Crippen LogP contribution in [0.4, 0.5) is 0 Å². The number of hydrogen-bond acceptors (Lipinski definition) is 2. The molecule has 0 aliphatic heterocycles. The molecule has 94 valence electrons. The van der Waals surface area contributed by atoms with E-state index in [2.05, 4.69) is 47.5 Å². The predicted molar refractivity (Wildman–Crippen MR) is 73.0 cm³/mol. The van der Waals surface area contributed by atoms with E-state index < -0.39 is 0 Å². The van der Waals surface area contributed by atoms with Gasteiger partial charge in [-0.3, -0.25) is 0 Å². The normalized spacial score (nSPS) is 15.4. The second-order valence-electron chi connectivity index (χ2n) is 5.00. The highest BCUT2D eigenvalue weighted by atomic mass is 15.1. The first-order valence-electron chi connectivity index (χ1n) is 6.85. The lowest BCUT2D eigenvalue weighted by molar-refractivity contribution is 0.275. The molecule has 0 bridgehead atoms. The summed E-state index contributed by atoms with van der Waals surface area (Å²) in [6, 6.07) is 10.6. The van der Waals surface area contributed by atoms with Crippen LogP contribution in [0.3, 0.4) is 0 Å². The van der Waals surface area contributed by atoms with Gasteiger partial charge in [-0.2, -0.15) is 0 Å². The van der Waals surface area contributed by atoms with Gasteiger partial charge in [0.2, 0.25) is 0 Å². The van der Waals surface area contributed by atoms with E-state index in [-0.39, 0.29) is 0 Å². The number of likely N-dealkylation sites (N-methyl/N-ethyl adjacent to an activating group) is 1. The molecule has 1 aliphatic rings. The Morgan fingerprint density at radius 3 is 2.65 bits per heavy atom. The molecule has 0 aromatic heterocycles. The molecule has 0 radical (unpaired) electrons. The maximum Gasteiger partial charge on any atom is 0.0206 e. The van der Waals surface area contributed by atoms with Crippen LogP contribution in [-0.2, 0) is 6.54 Å². The standard InChI is InChI=1S/C15H24N2/c1-2-17(13-15-8-9-15)11-10-16-12-14-6-4-3-5-7-14/h3-7,15-16H,2,8-13H2,1H3. The number of benzene rings is 1. The van der Waals surface area contributed by atoms with Crippen molar-refractivity contribution in [2.45, 2.75) is 26.3 Å². The summed E-state index contributed by atoms with van der Waals surface area (Å²) in [6.07, 6.45) is 2.90. The van der Waals surface area contributed by atoms with Crippen LogP contribution in [0, 0.1) is 5.92 Å². The van der Waals surface area contributed by atoms with Gasteiger partial charge in [0.05, 0.1) is 0 Å². The van der Waals surface area contributed by atoms with Gasteiger partial charge >= 0.3 is 0 Å². The Kier molecular flexibility index (Phi) is 5.02. The zero-order valence-corrected chi connectivity index (χ0v) is 10.9. The van der Waals surface area contributed by atoms with E-state index in [0.717, 1.165) is 19.0 Å². The minimum absolute atomic E-state index is 0.988. The van der Waals surface area contributed by atoms with Gasteiger partial charge in [-0.1, -0.05) is 37.3 Å². The number of hydrogen-bond donors (Lipinski definition) is 1. The van der Waals surface area contributed by atoms with Gasteiger partial charge in [0.15, 0.2) is 0 Å². The first-order chi connectivity index (χ1) is 8.38. The molecular formula is C15H24N2. The first-order valence-corrected chi connectivity index (χ1v) is 6.85. The average molecular weight is 232 g/mol. The minimum Gasteiger partial charge on any atom is -0.311 e. The molecule has 2 heteroatoms. The SMILES string of the molecule is CCN(CCNCc1ccccc1)CC1CC1. The molecule has 0 heterocycles. The van der Waals surface area contributed by atoms with Gasteiger partial charge in [0, 0.05) is 26.2 Å². The van der Waals surface area contributed by atoms with Crippen LogP contribution in [0.1, 0.15) is 25.3 Å². The summed E-state index contributed by atoms with van der Waals surface area (Å²) < 4.78 is 0. The van der Waals surface area contributed by atoms with E-state index in [1.807, 2.05) is 0 Å². The molecule has 2 nitrogen and oxygen atoms in total. The van der Waals surface area contributed by atoms with Gasteiger partial charge in [-0.05, 0) is 30.9 Å². The van der Waals surface area contributed by atoms with Crippen molar-refractivity contribution in [1.82, 2.24) is 10.2 Å². The predicted octanol–water partition coefficient (Wildman–Crippen LogP) is 2.51. The lowest BCUT2D eigenvalue weighted by Crippen LogP contribution is -2.33. The van der Waals surface area contributed by atoms with Crippen LogP contribution in [0.25, 0.3) is 0 Å². The molecule has 2 rings (SSSR count). The summed E-state index contributed by atoms with van der Waals surface area (Å²) in [6.45, 7) is 8.02. The fourth-order valence-electron chi connectivity index (χ4n) is 2.11. The number of rotatable bonds is 8. The third-order valence-electron chi connectivity index (χ3n) is 3.44. The Morgan fingerprint density at radius 1 is 1.24 bits per heavy atom. The van der Waals surface area contributed by atoms with Crippen molar-refractivity contribution in [3.05, 3.63) is 35.9 Å². The van der Waals surface area contributed by atoms with E-state index in [4.69, 9.17) is 0 Å². The van der Waals surface area contributed by atoms with Crippen LogP contribution in [0.2, 0.25) is 0 Å². The molecule has 0 unspecified atom stereocenters. The van der Waals surface area contributed by atoms with E-state index >= 15 is 0 Å². The van der Waals surface area contributed by atoms with Crippen LogP contribution in [-0.4, -0.2) is 31.1 Å². The molecule has 1 aliphatic carbocycles. The summed E-state index contributed by atoms with van der Waals surface area (Å²) in [5.41, 5.74) is 1.37. The maximum absolute atomic E-state index is 3.52. The van der Waals surface area contributed by atoms with E-state index in [0.29, 0.717) is 0 Å². The van der Waals surface area contributed by atoms with E-state index in [1.54, 1.807) is 0 Å². The van der Waals surface area contributed by atoms with Crippen LogP contribution in [0.15, 0.2) is 30.3 Å². The van der Waals surface area contributed by atoms with Crippen molar-refractivity contribution in [1.29, 1.82) is 0 Å². The van der Waals surface area contributed by atoms with Crippen molar-refractivity contribution in [3.63, 3.8) is 0 Å². The summed E-state index contributed by atoms with van der Waals surface area (Å²) in [4.78, 5) is 2.57. The average Bonchev–Trinajstić information content (AvgIpc) is 3.18. The summed E-state index contributed by atoms with van der Waals surface area (Å²) >= 11 is 0. The highest BCUT2D eigenvalue weighted by Gasteiger charge is 2.23. The highest BCUT2D eigenvalue weighted by molar-refractivity contribution is 5.14. The van der Waals surface area contributed by atoms with Gasteiger partial charge in [-0.15, -0.1) is 0 Å². The third kappa shape index (κ3) is 4.88. The van der Waals surface area contributed by atoms with Crippen LogP contribution < -0.4 is 5.32 Å². The van der Waals surface area contributed by atoms with Crippen molar-refractivity contribution in [3.8, 4) is 0 Å². The fourth-order valence-corrected chi connectivity index (χ4v) is 2.11. The van der Waals surface area contributed by atoms with Crippen LogP contribution >= 0.6 is 0 Å². The van der Waals surface area contributed by atoms with E-state index in [9.17, 15) is 0 Å². The second kappa shape index (κ2) is 6.77. The number of nitrogens with one attached hydrogen (secondary N) is 1. The van der Waals surface area contributed by atoms with Crippen molar-refractivity contribution >= 4 is 0 Å². The van der Waals surface area contributed by atoms with Gasteiger partial charge in [-0.25, -0.2) is 0 Å². The minimum atomic E-state index is 0.988. The summed E-state index contributed by atoms with van der Waals surface area (Å²) in [5, 5.41) is 3.52. The van der Waals surface area contributed by atoms with Gasteiger partial charge in [0.1, 0.15) is 0 Å². The third-order valence-corrected chi connectivity index (χ3v) is 3.44. The van der Waals surface area contributed by atoms with Gasteiger partial charge < -0.3 is 10.2 Å². The van der Waals surface area contributed by atoms with Crippen molar-refractivity contribution < 1.29 is 0 Å². The molecule has 0 amide bonds. The molecule has 0 spiro atoms. The largest absolute Gasteiger partial charge is 0.311 e. The Bertz CT molecular complexity index is 306. The highest BCUT2D eigenvalue weighted by Crippen LogP contribution is 2.29. The Hall–Kier alpha value is -0.860. The zero-order chi connectivity index (χ0) is 11.9. The van der Waals surface area contributed by atoms with Crippen molar-refractivity contribution in [2.75, 3.05) is 26.2 Å². The van der Waals surface area contributed by atoms with E-state index in [1.165, 1.54) is 38.0 Å². The van der Waals surface area contributed by atoms with Gasteiger partial charge in [0.25, 0.3) is 0 Å². The van der Waals surface area contributed by atoms with Crippen molar-refractivity contribution in [2.24, 2.45) is 5.92 Å². The maximum atomic E-state index is 3.52. The quantitative estimate of drug-likeness (QED) is 0.693. The smallest absolute Gasteiger partial charge is 0.0206 e. The molecule has 1 aromatic rings. The molecular weight excluding hydrogens is 208 g/mol. The number of nitrogens with zero attached hydrogens (tertiary/aromatic N) is 1. The zero-order valence-electron chi connectivity index (χ0n) is 10.9. The molecule has 0 atom stereocenters. The molecule has 1 saturated carbocycles. The Balaban J connectivity index is 1.58. The Morgan fingerprint density at radius 2 is 2.00 bits per heavy atom. The molecule has 1 N–H and O–H groups in total. The first kappa shape index (κ1) is 12.6. The lowest BCUT2D eigenvalue weighted by atomic mass is 10.2. The Labute approximate surface area is 105 Å². The second-order valence-corrected chi connectivity index (χ2v) is 5.00. The monoisotopic (exact) mass is 232 g/mol. The van der Waals surface area contributed by atoms with Crippen LogP contribution in [0.5, 0.6) is 0 Å². The fraction of sp³-hybridized carbons (Fsp3) is 0.600. The topological polar surface area (TPSA) is 15.3 Å². The molecule has 17 heavy (non-hydrogen) atoms. The summed E-state index contributed by atoms with van der Waals surface area (Å²) in [5.74, 6) is 1.00. The summed E-state index contributed by atoms with van der Waals surface area (Å²) in [7, 11) is 0. The molecule has 0 saturated heterocycles. The molecule has 1 aromatic carbocycles. The lowest BCUT2D eigenvalue weighted by Gasteiger charge is -2.20. The molecule has 1 fully saturated rings.